The van der Waals surface area contributed by atoms with Gasteiger partial charge in [-0.25, -0.2) is 0 Å². The summed E-state index contributed by atoms with van der Waals surface area (Å²) in [6.07, 6.45) is -6.02. The van der Waals surface area contributed by atoms with Crippen LogP contribution in [0.3, 0.4) is 0 Å². The standard InChI is InChI=1S/C22H18ClF3N2O5/c1-12(19(30)27-17-11-13(22(24,25)26)8-9-16(17)23)33-18(29)7-4-10-28-20(31)14-5-2-3-6-15(14)21(28)32/h2-3,5-6,8-9,11-12H,4,7,10H2,1H3,(H,27,30). The number of hydrogen-bond donors (Lipinski definition) is 1. The lowest BCUT2D eigenvalue weighted by Gasteiger charge is -2.16. The van der Waals surface area contributed by atoms with Gasteiger partial charge in [0.05, 0.1) is 27.4 Å². The number of esters is 1. The highest BCUT2D eigenvalue weighted by Crippen LogP contribution is 2.34. The number of alkyl halides is 3. The molecule has 174 valence electrons. The molecule has 2 aromatic rings. The maximum atomic E-state index is 12.9. The summed E-state index contributed by atoms with van der Waals surface area (Å²) in [7, 11) is 0. The number of fused-ring (bicyclic) bond motifs is 1. The van der Waals surface area contributed by atoms with Gasteiger partial charge in [-0.1, -0.05) is 23.7 Å². The van der Waals surface area contributed by atoms with E-state index in [0.717, 1.165) is 17.0 Å². The van der Waals surface area contributed by atoms with Crippen molar-refractivity contribution in [3.8, 4) is 0 Å². The SMILES string of the molecule is CC(OC(=O)CCCN1C(=O)c2ccccc2C1=O)C(=O)Nc1cc(C(F)(F)F)ccc1Cl. The molecule has 11 heteroatoms. The molecule has 0 aliphatic carbocycles. The largest absolute Gasteiger partial charge is 0.453 e. The van der Waals surface area contributed by atoms with Gasteiger partial charge in [0.25, 0.3) is 17.7 Å². The van der Waals surface area contributed by atoms with Gasteiger partial charge < -0.3 is 10.1 Å². The molecule has 2 aromatic carbocycles. The van der Waals surface area contributed by atoms with Gasteiger partial charge in [0, 0.05) is 13.0 Å². The number of amides is 3. The van der Waals surface area contributed by atoms with Crippen molar-refractivity contribution in [3.63, 3.8) is 0 Å². The highest BCUT2D eigenvalue weighted by atomic mass is 35.5. The first-order chi connectivity index (χ1) is 15.5. The summed E-state index contributed by atoms with van der Waals surface area (Å²) in [6, 6.07) is 8.82. The van der Waals surface area contributed by atoms with Crippen LogP contribution in [0, 0.1) is 0 Å². The Morgan fingerprint density at radius 3 is 2.27 bits per heavy atom. The van der Waals surface area contributed by atoms with Gasteiger partial charge in [0.15, 0.2) is 6.10 Å². The van der Waals surface area contributed by atoms with Gasteiger partial charge >= 0.3 is 12.1 Å². The number of nitrogens with zero attached hydrogens (tertiary/aromatic N) is 1. The van der Waals surface area contributed by atoms with Crippen LogP contribution < -0.4 is 5.32 Å². The van der Waals surface area contributed by atoms with E-state index in [1.807, 2.05) is 0 Å². The number of rotatable bonds is 7. The van der Waals surface area contributed by atoms with Crippen LogP contribution in [0.25, 0.3) is 0 Å². The Kier molecular flexibility index (Phi) is 7.06. The van der Waals surface area contributed by atoms with Crippen molar-refractivity contribution in [1.82, 2.24) is 4.90 Å². The number of imide groups is 1. The first kappa shape index (κ1) is 24.2. The number of ether oxygens (including phenoxy) is 1. The van der Waals surface area contributed by atoms with Crippen molar-refractivity contribution in [2.75, 3.05) is 11.9 Å². The first-order valence-electron chi connectivity index (χ1n) is 9.81. The van der Waals surface area contributed by atoms with E-state index in [4.69, 9.17) is 16.3 Å². The second-order valence-corrected chi connectivity index (χ2v) is 7.63. The van der Waals surface area contributed by atoms with Crippen LogP contribution in [-0.4, -0.2) is 41.2 Å². The normalized spacial score (nSPS) is 14.2. The van der Waals surface area contributed by atoms with E-state index < -0.39 is 41.5 Å². The van der Waals surface area contributed by atoms with Crippen molar-refractivity contribution >= 4 is 41.0 Å². The van der Waals surface area contributed by atoms with Gasteiger partial charge in [0.2, 0.25) is 0 Å². The van der Waals surface area contributed by atoms with Crippen LogP contribution in [0.1, 0.15) is 46.0 Å². The third-order valence-corrected chi connectivity index (χ3v) is 5.20. The Morgan fingerprint density at radius 2 is 1.70 bits per heavy atom. The van der Waals surface area contributed by atoms with E-state index in [1.54, 1.807) is 24.3 Å². The molecule has 0 saturated heterocycles. The number of hydrogen-bond acceptors (Lipinski definition) is 5. The molecule has 1 N–H and O–H groups in total. The van der Waals surface area contributed by atoms with E-state index in [9.17, 15) is 32.3 Å². The van der Waals surface area contributed by atoms with Crippen LogP contribution in [-0.2, 0) is 20.5 Å². The molecule has 1 aliphatic heterocycles. The third kappa shape index (κ3) is 5.51. The van der Waals surface area contributed by atoms with Crippen LogP contribution in [0.5, 0.6) is 0 Å². The third-order valence-electron chi connectivity index (χ3n) is 4.87. The number of benzene rings is 2. The van der Waals surface area contributed by atoms with Gasteiger partial charge in [-0.2, -0.15) is 13.2 Å². The van der Waals surface area contributed by atoms with Crippen LogP contribution in [0.2, 0.25) is 5.02 Å². The predicted octanol–water partition coefficient (Wildman–Crippen LogP) is 4.31. The lowest BCUT2D eigenvalue weighted by atomic mass is 10.1. The highest BCUT2D eigenvalue weighted by Gasteiger charge is 2.35. The molecule has 3 amide bonds. The Bertz CT molecular complexity index is 1080. The van der Waals surface area contributed by atoms with Crippen LogP contribution in [0.4, 0.5) is 18.9 Å². The highest BCUT2D eigenvalue weighted by molar-refractivity contribution is 6.33. The van der Waals surface area contributed by atoms with Crippen LogP contribution in [0.15, 0.2) is 42.5 Å². The first-order valence-corrected chi connectivity index (χ1v) is 10.2. The molecule has 33 heavy (non-hydrogen) atoms. The zero-order valence-corrected chi connectivity index (χ0v) is 18.0. The number of anilines is 1. The predicted molar refractivity (Wildman–Crippen MR) is 112 cm³/mol. The topological polar surface area (TPSA) is 92.8 Å². The second kappa shape index (κ2) is 9.62. The summed E-state index contributed by atoms with van der Waals surface area (Å²) >= 11 is 5.84. The molecular weight excluding hydrogens is 465 g/mol. The number of carbonyl (C=O) groups is 4. The molecule has 7 nitrogen and oxygen atoms in total. The smallest absolute Gasteiger partial charge is 0.416 e. The van der Waals surface area contributed by atoms with E-state index in [0.29, 0.717) is 17.2 Å². The Labute approximate surface area is 191 Å². The minimum atomic E-state index is -4.62. The molecular formula is C22H18ClF3N2O5. The second-order valence-electron chi connectivity index (χ2n) is 7.22. The Balaban J connectivity index is 1.50. The minimum absolute atomic E-state index is 0.0120. The summed E-state index contributed by atoms with van der Waals surface area (Å²) in [5.74, 6) is -2.54. The average molecular weight is 483 g/mol. The lowest BCUT2D eigenvalue weighted by molar-refractivity contribution is -0.153. The maximum absolute atomic E-state index is 12.9. The molecule has 0 aromatic heterocycles. The number of halogens is 4. The van der Waals surface area contributed by atoms with E-state index in [-0.39, 0.29) is 30.1 Å². The van der Waals surface area contributed by atoms with Crippen molar-refractivity contribution in [1.29, 1.82) is 0 Å². The lowest BCUT2D eigenvalue weighted by Crippen LogP contribution is -2.32. The maximum Gasteiger partial charge on any atom is 0.416 e. The van der Waals surface area contributed by atoms with Crippen molar-refractivity contribution in [3.05, 3.63) is 64.2 Å². The fraction of sp³-hybridized carbons (Fsp3) is 0.273. The van der Waals surface area contributed by atoms with E-state index in [2.05, 4.69) is 5.32 Å². The molecule has 0 saturated carbocycles. The van der Waals surface area contributed by atoms with Crippen molar-refractivity contribution < 1.29 is 37.1 Å². The molecule has 3 rings (SSSR count). The molecule has 0 radical (unpaired) electrons. The van der Waals surface area contributed by atoms with Gasteiger partial charge in [-0.15, -0.1) is 0 Å². The fourth-order valence-electron chi connectivity index (χ4n) is 3.17. The zero-order valence-electron chi connectivity index (χ0n) is 17.2. The molecule has 1 heterocycles. The van der Waals surface area contributed by atoms with Gasteiger partial charge in [-0.05, 0) is 43.7 Å². The van der Waals surface area contributed by atoms with E-state index >= 15 is 0 Å². The molecule has 1 atom stereocenters. The van der Waals surface area contributed by atoms with E-state index in [1.165, 1.54) is 6.92 Å². The number of carbonyl (C=O) groups excluding carboxylic acids is 4. The summed E-state index contributed by atoms with van der Waals surface area (Å²) in [5.41, 5.74) is -0.683. The molecule has 1 unspecified atom stereocenters. The summed E-state index contributed by atoms with van der Waals surface area (Å²) in [5, 5.41) is 2.09. The molecule has 1 aliphatic rings. The zero-order chi connectivity index (χ0) is 24.3. The molecule has 0 bridgehead atoms. The summed E-state index contributed by atoms with van der Waals surface area (Å²) < 4.78 is 43.6. The van der Waals surface area contributed by atoms with Crippen molar-refractivity contribution in [2.45, 2.75) is 32.0 Å². The average Bonchev–Trinajstić information content (AvgIpc) is 2.99. The summed E-state index contributed by atoms with van der Waals surface area (Å²) in [6.45, 7) is 1.24. The number of nitrogens with one attached hydrogen (secondary N) is 1. The molecule has 0 spiro atoms. The quantitative estimate of drug-likeness (QED) is 0.469. The van der Waals surface area contributed by atoms with Gasteiger partial charge in [-0.3, -0.25) is 24.1 Å². The van der Waals surface area contributed by atoms with Crippen molar-refractivity contribution in [2.24, 2.45) is 0 Å². The fourth-order valence-corrected chi connectivity index (χ4v) is 3.33. The Hall–Kier alpha value is -3.40. The Morgan fingerprint density at radius 1 is 1.09 bits per heavy atom. The molecule has 0 fully saturated rings. The van der Waals surface area contributed by atoms with Crippen LogP contribution >= 0.6 is 11.6 Å². The summed E-state index contributed by atoms with van der Waals surface area (Å²) in [4.78, 5) is 49.9. The van der Waals surface area contributed by atoms with Gasteiger partial charge in [0.1, 0.15) is 0 Å². The monoisotopic (exact) mass is 482 g/mol. The minimum Gasteiger partial charge on any atom is -0.453 e.